The van der Waals surface area contributed by atoms with Crippen molar-refractivity contribution in [1.82, 2.24) is 0 Å². The lowest BCUT2D eigenvalue weighted by molar-refractivity contribution is -0.116. The fourth-order valence-electron chi connectivity index (χ4n) is 2.57. The minimum atomic E-state index is 0.0840. The van der Waals surface area contributed by atoms with Gasteiger partial charge in [-0.25, -0.2) is 0 Å². The predicted molar refractivity (Wildman–Crippen MR) is 83.5 cm³/mol. The maximum absolute atomic E-state index is 11.4. The van der Waals surface area contributed by atoms with Crippen molar-refractivity contribution < 1.29 is 9.90 Å². The third-order valence-electron chi connectivity index (χ3n) is 3.78. The van der Waals surface area contributed by atoms with Gasteiger partial charge >= 0.3 is 0 Å². The van der Waals surface area contributed by atoms with Crippen LogP contribution in [0.15, 0.2) is 42.5 Å². The Bertz CT molecular complexity index is 665. The Labute approximate surface area is 123 Å². The van der Waals surface area contributed by atoms with E-state index in [1.165, 1.54) is 0 Å². The molecule has 4 nitrogen and oxygen atoms in total. The molecule has 0 aliphatic carbocycles. The first-order valence-electron chi connectivity index (χ1n) is 7.10. The van der Waals surface area contributed by atoms with E-state index in [4.69, 9.17) is 0 Å². The number of carbonyl (C=O) groups excluding carboxylic acids is 1. The molecule has 0 saturated heterocycles. The second-order valence-corrected chi connectivity index (χ2v) is 5.38. The van der Waals surface area contributed by atoms with Crippen molar-refractivity contribution in [3.63, 3.8) is 0 Å². The monoisotopic (exact) mass is 282 g/mol. The molecule has 1 amide bonds. The van der Waals surface area contributed by atoms with Crippen LogP contribution in [-0.4, -0.2) is 11.0 Å². The quantitative estimate of drug-likeness (QED) is 0.808. The first kappa shape index (κ1) is 13.5. The number of benzene rings is 2. The minimum Gasteiger partial charge on any atom is -0.508 e. The van der Waals surface area contributed by atoms with E-state index in [1.54, 1.807) is 12.1 Å². The van der Waals surface area contributed by atoms with Crippen LogP contribution >= 0.6 is 0 Å². The number of amides is 1. The van der Waals surface area contributed by atoms with Crippen molar-refractivity contribution in [3.05, 3.63) is 53.6 Å². The molecule has 1 atom stereocenters. The Morgan fingerprint density at radius 3 is 2.67 bits per heavy atom. The fourth-order valence-corrected chi connectivity index (χ4v) is 2.57. The van der Waals surface area contributed by atoms with E-state index >= 15 is 0 Å². The lowest BCUT2D eigenvalue weighted by atomic mass is 10.0. The number of hydrogen-bond donors (Lipinski definition) is 3. The molecule has 0 spiro atoms. The van der Waals surface area contributed by atoms with Gasteiger partial charge in [0, 0.05) is 23.8 Å². The highest BCUT2D eigenvalue weighted by molar-refractivity contribution is 5.94. The third kappa shape index (κ3) is 2.99. The SMILES string of the molecule is CC(Nc1ccc2c(c1)CCC(=O)N2)c1ccc(O)cc1. The summed E-state index contributed by atoms with van der Waals surface area (Å²) in [5, 5.41) is 15.7. The van der Waals surface area contributed by atoms with Gasteiger partial charge in [0.2, 0.25) is 5.91 Å². The minimum absolute atomic E-state index is 0.0840. The molecule has 0 saturated carbocycles. The largest absolute Gasteiger partial charge is 0.508 e. The van der Waals surface area contributed by atoms with Gasteiger partial charge in [-0.05, 0) is 54.8 Å². The number of carbonyl (C=O) groups is 1. The smallest absolute Gasteiger partial charge is 0.224 e. The number of nitrogens with one attached hydrogen (secondary N) is 2. The zero-order valence-corrected chi connectivity index (χ0v) is 11.9. The number of phenols is 1. The molecule has 108 valence electrons. The van der Waals surface area contributed by atoms with Crippen LogP contribution in [0.5, 0.6) is 5.75 Å². The molecule has 3 rings (SSSR count). The normalized spacial score (nSPS) is 15.0. The van der Waals surface area contributed by atoms with E-state index in [0.29, 0.717) is 6.42 Å². The molecule has 2 aromatic carbocycles. The lowest BCUT2D eigenvalue weighted by Gasteiger charge is -2.20. The van der Waals surface area contributed by atoms with Crippen molar-refractivity contribution in [2.24, 2.45) is 0 Å². The summed E-state index contributed by atoms with van der Waals surface area (Å²) in [6, 6.07) is 13.3. The van der Waals surface area contributed by atoms with Crippen molar-refractivity contribution in [2.45, 2.75) is 25.8 Å². The molecule has 1 heterocycles. The van der Waals surface area contributed by atoms with E-state index in [9.17, 15) is 9.90 Å². The van der Waals surface area contributed by atoms with Gasteiger partial charge in [-0.2, -0.15) is 0 Å². The van der Waals surface area contributed by atoms with Crippen molar-refractivity contribution in [2.75, 3.05) is 10.6 Å². The number of hydrogen-bond acceptors (Lipinski definition) is 3. The summed E-state index contributed by atoms with van der Waals surface area (Å²) in [5.41, 5.74) is 4.22. The van der Waals surface area contributed by atoms with Gasteiger partial charge < -0.3 is 15.7 Å². The summed E-state index contributed by atoms with van der Waals surface area (Å²) in [6.45, 7) is 2.08. The second-order valence-electron chi connectivity index (χ2n) is 5.38. The molecule has 21 heavy (non-hydrogen) atoms. The van der Waals surface area contributed by atoms with E-state index < -0.39 is 0 Å². The Balaban J connectivity index is 1.76. The van der Waals surface area contributed by atoms with Gasteiger partial charge in [0.05, 0.1) is 0 Å². The maximum atomic E-state index is 11.4. The maximum Gasteiger partial charge on any atom is 0.224 e. The Hall–Kier alpha value is -2.49. The van der Waals surface area contributed by atoms with Crippen LogP contribution in [0.3, 0.4) is 0 Å². The Morgan fingerprint density at radius 2 is 1.90 bits per heavy atom. The first-order valence-corrected chi connectivity index (χ1v) is 7.10. The summed E-state index contributed by atoms with van der Waals surface area (Å²) < 4.78 is 0. The summed E-state index contributed by atoms with van der Waals surface area (Å²) in [7, 11) is 0. The standard InChI is InChI=1S/C17H18N2O2/c1-11(12-2-6-15(20)7-3-12)18-14-5-8-16-13(10-14)4-9-17(21)19-16/h2-3,5-8,10-11,18,20H,4,9H2,1H3,(H,19,21). The van der Waals surface area contributed by atoms with Gasteiger partial charge in [-0.1, -0.05) is 12.1 Å². The van der Waals surface area contributed by atoms with Crippen molar-refractivity contribution >= 4 is 17.3 Å². The summed E-state index contributed by atoms with van der Waals surface area (Å²) >= 11 is 0. The predicted octanol–water partition coefficient (Wildman–Crippen LogP) is 3.45. The first-order chi connectivity index (χ1) is 10.1. The molecule has 2 aromatic rings. The molecule has 1 aliphatic heterocycles. The van der Waals surface area contributed by atoms with Crippen molar-refractivity contribution in [1.29, 1.82) is 0 Å². The number of anilines is 2. The molecular weight excluding hydrogens is 264 g/mol. The highest BCUT2D eigenvalue weighted by Crippen LogP contribution is 2.28. The van der Waals surface area contributed by atoms with E-state index in [0.717, 1.165) is 28.9 Å². The lowest BCUT2D eigenvalue weighted by Crippen LogP contribution is -2.19. The van der Waals surface area contributed by atoms with E-state index in [1.807, 2.05) is 24.3 Å². The molecule has 4 heteroatoms. The van der Waals surface area contributed by atoms with Gasteiger partial charge in [0.1, 0.15) is 5.75 Å². The summed E-state index contributed by atoms with van der Waals surface area (Å²) in [6.07, 6.45) is 1.33. The molecule has 1 unspecified atom stereocenters. The number of rotatable bonds is 3. The molecule has 0 bridgehead atoms. The van der Waals surface area contributed by atoms with Gasteiger partial charge in [0.25, 0.3) is 0 Å². The number of aryl methyl sites for hydroxylation is 1. The average molecular weight is 282 g/mol. The molecule has 0 aromatic heterocycles. The molecular formula is C17H18N2O2. The Kier molecular flexibility index (Phi) is 3.52. The van der Waals surface area contributed by atoms with E-state index in [-0.39, 0.29) is 17.7 Å². The van der Waals surface area contributed by atoms with Crippen molar-refractivity contribution in [3.8, 4) is 5.75 Å². The zero-order chi connectivity index (χ0) is 14.8. The highest BCUT2D eigenvalue weighted by atomic mass is 16.3. The molecule has 0 fully saturated rings. The third-order valence-corrected chi connectivity index (χ3v) is 3.78. The van der Waals surface area contributed by atoms with Crippen LogP contribution in [0.25, 0.3) is 0 Å². The van der Waals surface area contributed by atoms with Gasteiger partial charge in [-0.15, -0.1) is 0 Å². The van der Waals surface area contributed by atoms with Crippen LogP contribution in [0, 0.1) is 0 Å². The second kappa shape index (κ2) is 5.48. The fraction of sp³-hybridized carbons (Fsp3) is 0.235. The molecule has 1 aliphatic rings. The number of phenolic OH excluding ortho intramolecular Hbond substituents is 1. The van der Waals surface area contributed by atoms with Crippen LogP contribution < -0.4 is 10.6 Å². The van der Waals surface area contributed by atoms with Crippen LogP contribution in [0.4, 0.5) is 11.4 Å². The highest BCUT2D eigenvalue weighted by Gasteiger charge is 2.15. The number of aromatic hydroxyl groups is 1. The van der Waals surface area contributed by atoms with Gasteiger partial charge in [0.15, 0.2) is 0 Å². The molecule has 0 radical (unpaired) electrons. The number of fused-ring (bicyclic) bond motifs is 1. The topological polar surface area (TPSA) is 61.4 Å². The summed E-state index contributed by atoms with van der Waals surface area (Å²) in [4.78, 5) is 11.4. The molecule has 3 N–H and O–H groups in total. The van der Waals surface area contributed by atoms with Crippen LogP contribution in [-0.2, 0) is 11.2 Å². The van der Waals surface area contributed by atoms with E-state index in [2.05, 4.69) is 23.6 Å². The Morgan fingerprint density at radius 1 is 1.14 bits per heavy atom. The van der Waals surface area contributed by atoms with Gasteiger partial charge in [-0.3, -0.25) is 4.79 Å². The summed E-state index contributed by atoms with van der Waals surface area (Å²) in [5.74, 6) is 0.358. The zero-order valence-electron chi connectivity index (χ0n) is 11.9. The van der Waals surface area contributed by atoms with Crippen LogP contribution in [0.1, 0.15) is 30.5 Å². The van der Waals surface area contributed by atoms with Crippen LogP contribution in [0.2, 0.25) is 0 Å². The average Bonchev–Trinajstić information content (AvgIpc) is 2.48.